The van der Waals surface area contributed by atoms with Crippen LogP contribution in [0.2, 0.25) is 0 Å². The van der Waals surface area contributed by atoms with Crippen molar-refractivity contribution in [2.45, 2.75) is 17.7 Å². The monoisotopic (exact) mass is 324 g/mol. The van der Waals surface area contributed by atoms with Crippen LogP contribution in [0.1, 0.15) is 23.2 Å². The lowest BCUT2D eigenvalue weighted by molar-refractivity contribution is 0.0986. The average molecular weight is 325 g/mol. The van der Waals surface area contributed by atoms with E-state index in [0.29, 0.717) is 0 Å². The minimum absolute atomic E-state index is 0.0576. The number of nitrogens with zero attached hydrogens (tertiary/aromatic N) is 1. The molecule has 3 nitrogen and oxygen atoms in total. The van der Waals surface area contributed by atoms with Crippen molar-refractivity contribution in [1.29, 1.82) is 0 Å². The molecule has 0 aliphatic carbocycles. The number of carbonyl (C=O) groups is 1. The Balaban J connectivity index is 1.72. The molecule has 0 saturated carbocycles. The van der Waals surface area contributed by atoms with Crippen LogP contribution in [0.3, 0.4) is 0 Å². The molecule has 0 aromatic heterocycles. The zero-order chi connectivity index (χ0) is 13.5. The number of hydrogen-bond donors (Lipinski definition) is 1. The van der Waals surface area contributed by atoms with Gasteiger partial charge in [-0.25, -0.2) is 0 Å². The van der Waals surface area contributed by atoms with Gasteiger partial charge >= 0.3 is 0 Å². The molecule has 19 heavy (non-hydrogen) atoms. The number of piperazine rings is 1. The van der Waals surface area contributed by atoms with E-state index < -0.39 is 0 Å². The summed E-state index contributed by atoms with van der Waals surface area (Å²) >= 11 is 3.52. The number of hydrogen-bond acceptors (Lipinski definition) is 3. The van der Waals surface area contributed by atoms with E-state index in [1.54, 1.807) is 0 Å². The van der Waals surface area contributed by atoms with Crippen LogP contribution in [0.5, 0.6) is 0 Å². The molecule has 1 aromatic carbocycles. The first kappa shape index (κ1) is 14.7. The summed E-state index contributed by atoms with van der Waals surface area (Å²) in [6.45, 7) is 5.51. The van der Waals surface area contributed by atoms with E-state index in [-0.39, 0.29) is 10.6 Å². The maximum Gasteiger partial charge on any atom is 0.176 e. The highest BCUT2D eigenvalue weighted by Crippen LogP contribution is 2.15. The maximum atomic E-state index is 12.2. The van der Waals surface area contributed by atoms with Gasteiger partial charge in [0.15, 0.2) is 5.78 Å². The summed E-state index contributed by atoms with van der Waals surface area (Å²) in [6, 6.07) is 9.52. The normalized spacial score (nSPS) is 18.2. The second-order valence-corrected chi connectivity index (χ2v) is 6.04. The van der Waals surface area contributed by atoms with Gasteiger partial charge in [0.25, 0.3) is 0 Å². The second kappa shape index (κ2) is 7.78. The predicted octanol–water partition coefficient (Wildman–Crippen LogP) is 2.32. The Morgan fingerprint density at radius 2 is 1.95 bits per heavy atom. The molecular formula is C15H21BrN2O. The summed E-state index contributed by atoms with van der Waals surface area (Å²) < 4.78 is 0. The second-order valence-electron chi connectivity index (χ2n) is 4.93. The van der Waals surface area contributed by atoms with Crippen molar-refractivity contribution in [2.24, 2.45) is 0 Å². The van der Waals surface area contributed by atoms with Crippen LogP contribution in [0.15, 0.2) is 30.3 Å². The van der Waals surface area contributed by atoms with E-state index in [1.165, 1.54) is 0 Å². The number of nitrogens with one attached hydrogen (secondary N) is 1. The van der Waals surface area contributed by atoms with Crippen molar-refractivity contribution in [3.8, 4) is 0 Å². The highest BCUT2D eigenvalue weighted by atomic mass is 79.9. The van der Waals surface area contributed by atoms with Crippen molar-refractivity contribution in [3.05, 3.63) is 35.9 Å². The Labute approximate surface area is 123 Å². The molecule has 1 N–H and O–H groups in total. The Kier molecular flexibility index (Phi) is 6.01. The number of ketones is 1. The molecule has 1 saturated heterocycles. The van der Waals surface area contributed by atoms with Crippen molar-refractivity contribution in [2.75, 3.05) is 32.7 Å². The molecule has 1 aliphatic heterocycles. The fraction of sp³-hybridized carbons (Fsp3) is 0.533. The largest absolute Gasteiger partial charge is 0.314 e. The first-order chi connectivity index (χ1) is 9.27. The Bertz CT molecular complexity index is 390. The molecule has 1 aromatic rings. The van der Waals surface area contributed by atoms with Gasteiger partial charge < -0.3 is 10.2 Å². The average Bonchev–Trinajstić information content (AvgIpc) is 2.48. The lowest BCUT2D eigenvalue weighted by Crippen LogP contribution is -2.43. The van der Waals surface area contributed by atoms with Gasteiger partial charge in [0.2, 0.25) is 0 Å². The van der Waals surface area contributed by atoms with E-state index >= 15 is 0 Å². The third-order valence-electron chi connectivity index (χ3n) is 3.48. The topological polar surface area (TPSA) is 32.3 Å². The fourth-order valence-electron chi connectivity index (χ4n) is 2.34. The predicted molar refractivity (Wildman–Crippen MR) is 82.0 cm³/mol. The molecule has 0 bridgehead atoms. The van der Waals surface area contributed by atoms with Gasteiger partial charge in [-0.1, -0.05) is 46.3 Å². The minimum Gasteiger partial charge on any atom is -0.314 e. The van der Waals surface area contributed by atoms with Crippen LogP contribution >= 0.6 is 15.9 Å². The van der Waals surface area contributed by atoms with E-state index in [9.17, 15) is 4.79 Å². The van der Waals surface area contributed by atoms with Crippen LogP contribution in [0, 0.1) is 0 Å². The lowest BCUT2D eigenvalue weighted by Gasteiger charge is -2.27. The van der Waals surface area contributed by atoms with E-state index in [4.69, 9.17) is 0 Å². The van der Waals surface area contributed by atoms with E-state index in [2.05, 4.69) is 26.1 Å². The molecule has 0 spiro atoms. The quantitative estimate of drug-likeness (QED) is 0.644. The number of alkyl halides is 1. The Morgan fingerprint density at radius 3 is 2.63 bits per heavy atom. The van der Waals surface area contributed by atoms with E-state index in [1.807, 2.05) is 30.3 Å². The summed E-state index contributed by atoms with van der Waals surface area (Å²) in [4.78, 5) is 14.6. The van der Waals surface area contributed by atoms with Crippen molar-refractivity contribution in [3.63, 3.8) is 0 Å². The summed E-state index contributed by atoms with van der Waals surface area (Å²) in [5, 5.41) is 3.35. The Morgan fingerprint density at radius 1 is 1.26 bits per heavy atom. The van der Waals surface area contributed by atoms with Crippen molar-refractivity contribution < 1.29 is 4.79 Å². The standard InChI is InChI=1S/C15H21BrN2O/c16-14(15(19)13-5-2-1-3-6-13)7-4-10-18-11-8-17-9-12-18/h1-3,5-6,14,17H,4,7-12H2. The maximum absolute atomic E-state index is 12.2. The van der Waals surface area contributed by atoms with Crippen LogP contribution in [0.4, 0.5) is 0 Å². The summed E-state index contributed by atoms with van der Waals surface area (Å²) in [5.41, 5.74) is 0.798. The number of Topliss-reactive ketones (excluding diaryl/α,β-unsaturated/α-hetero) is 1. The first-order valence-electron chi connectivity index (χ1n) is 6.94. The zero-order valence-electron chi connectivity index (χ0n) is 11.1. The third kappa shape index (κ3) is 4.71. The highest BCUT2D eigenvalue weighted by molar-refractivity contribution is 9.10. The molecule has 2 rings (SSSR count). The Hall–Kier alpha value is -0.710. The molecule has 104 valence electrons. The van der Waals surface area contributed by atoms with Crippen molar-refractivity contribution in [1.82, 2.24) is 10.2 Å². The van der Waals surface area contributed by atoms with Crippen LogP contribution in [0.25, 0.3) is 0 Å². The van der Waals surface area contributed by atoms with Gasteiger partial charge in [0, 0.05) is 31.7 Å². The van der Waals surface area contributed by atoms with Crippen molar-refractivity contribution >= 4 is 21.7 Å². The molecule has 1 heterocycles. The molecule has 0 radical (unpaired) electrons. The van der Waals surface area contributed by atoms with Gasteiger partial charge in [-0.2, -0.15) is 0 Å². The van der Waals surface area contributed by atoms with Crippen LogP contribution < -0.4 is 5.32 Å². The van der Waals surface area contributed by atoms with Gasteiger partial charge in [-0.05, 0) is 19.4 Å². The van der Waals surface area contributed by atoms with Gasteiger partial charge in [0.05, 0.1) is 4.83 Å². The number of carbonyl (C=O) groups excluding carboxylic acids is 1. The van der Waals surface area contributed by atoms with Crippen LogP contribution in [-0.4, -0.2) is 48.2 Å². The molecular weight excluding hydrogens is 304 g/mol. The number of rotatable bonds is 6. The SMILES string of the molecule is O=C(c1ccccc1)C(Br)CCCN1CCNCC1. The molecule has 1 aliphatic rings. The highest BCUT2D eigenvalue weighted by Gasteiger charge is 2.17. The first-order valence-corrected chi connectivity index (χ1v) is 7.85. The molecule has 4 heteroatoms. The third-order valence-corrected chi connectivity index (χ3v) is 4.36. The number of halogens is 1. The van der Waals surface area contributed by atoms with E-state index in [0.717, 1.165) is 51.1 Å². The minimum atomic E-state index is -0.0576. The lowest BCUT2D eigenvalue weighted by atomic mass is 10.1. The smallest absolute Gasteiger partial charge is 0.176 e. The fourth-order valence-corrected chi connectivity index (χ4v) is 2.93. The summed E-state index contributed by atoms with van der Waals surface area (Å²) in [5.74, 6) is 0.195. The molecule has 0 amide bonds. The van der Waals surface area contributed by atoms with Gasteiger partial charge in [-0.3, -0.25) is 4.79 Å². The summed E-state index contributed by atoms with van der Waals surface area (Å²) in [7, 11) is 0. The molecule has 1 atom stereocenters. The van der Waals surface area contributed by atoms with Gasteiger partial charge in [0.1, 0.15) is 0 Å². The molecule has 1 unspecified atom stereocenters. The zero-order valence-corrected chi connectivity index (χ0v) is 12.7. The summed E-state index contributed by atoms with van der Waals surface area (Å²) in [6.07, 6.45) is 1.96. The number of benzene rings is 1. The van der Waals surface area contributed by atoms with Gasteiger partial charge in [-0.15, -0.1) is 0 Å². The molecule has 1 fully saturated rings. The van der Waals surface area contributed by atoms with Crippen LogP contribution in [-0.2, 0) is 0 Å².